The molecule has 0 aliphatic rings. The maximum atomic E-state index is 13.2. The number of aromatic nitrogens is 2. The van der Waals surface area contributed by atoms with E-state index in [4.69, 9.17) is 9.47 Å². The van der Waals surface area contributed by atoms with Crippen LogP contribution in [0.1, 0.15) is 39.3 Å². The molecule has 0 unspecified atom stereocenters. The Balaban J connectivity index is 0.00000481. The van der Waals surface area contributed by atoms with Crippen LogP contribution >= 0.6 is 0 Å². The molecule has 0 N–H and O–H groups in total. The Bertz CT molecular complexity index is 1480. The Morgan fingerprint density at radius 1 is 1.16 bits per heavy atom. The number of nitriles is 1. The van der Waals surface area contributed by atoms with Crippen molar-refractivity contribution in [1.82, 2.24) is 9.55 Å². The number of hydrogen-bond donors (Lipinski definition) is 0. The summed E-state index contributed by atoms with van der Waals surface area (Å²) >= 11 is 0. The minimum absolute atomic E-state index is 0. The first-order valence-corrected chi connectivity index (χ1v) is 11.6. The molecule has 3 rings (SSSR count). The molecule has 2 heterocycles. The smallest absolute Gasteiger partial charge is 0.497 e. The monoisotopic (exact) mass is 539 g/mol. The summed E-state index contributed by atoms with van der Waals surface area (Å²) in [7, 11) is -4.80. The van der Waals surface area contributed by atoms with Crippen LogP contribution < -0.4 is 4.74 Å². The number of alkyl halides is 3. The number of rotatable bonds is 5. The molecular weight excluding hydrogens is 515 g/mol. The third kappa shape index (κ3) is 6.21. The summed E-state index contributed by atoms with van der Waals surface area (Å²) in [6, 6.07) is 8.69. The second kappa shape index (κ2) is 10.5. The van der Waals surface area contributed by atoms with Gasteiger partial charge in [0, 0.05) is 35.1 Å². The van der Waals surface area contributed by atoms with Gasteiger partial charge in [0.15, 0.2) is 5.76 Å². The van der Waals surface area contributed by atoms with Gasteiger partial charge in [-0.05, 0) is 51.1 Å². The van der Waals surface area contributed by atoms with Crippen molar-refractivity contribution in [1.29, 1.82) is 5.26 Å². The normalized spacial score (nSPS) is 12.7. The van der Waals surface area contributed by atoms with Gasteiger partial charge in [-0.15, -0.1) is 0 Å². The van der Waals surface area contributed by atoms with Gasteiger partial charge in [0.2, 0.25) is 0 Å². The van der Waals surface area contributed by atoms with Crippen LogP contribution in [0.3, 0.4) is 0 Å². The molecular formula is C24H24F3N3O6S. The van der Waals surface area contributed by atoms with E-state index in [1.807, 2.05) is 0 Å². The van der Waals surface area contributed by atoms with Gasteiger partial charge in [-0.25, -0.2) is 4.79 Å². The molecule has 0 aliphatic heterocycles. The highest BCUT2D eigenvalue weighted by Gasteiger charge is 2.49. The highest BCUT2D eigenvalue weighted by molar-refractivity contribution is 7.87. The molecule has 9 nitrogen and oxygen atoms in total. The maximum absolute atomic E-state index is 13.2. The number of allylic oxidation sites excluding steroid dienone is 1. The van der Waals surface area contributed by atoms with E-state index in [0.717, 1.165) is 17.0 Å². The summed E-state index contributed by atoms with van der Waals surface area (Å²) in [6.07, 6.45) is 2.64. The molecule has 0 amide bonds. The lowest BCUT2D eigenvalue weighted by Crippen LogP contribution is -2.26. The predicted molar refractivity (Wildman–Crippen MR) is 130 cm³/mol. The van der Waals surface area contributed by atoms with E-state index in [2.05, 4.69) is 9.17 Å². The van der Waals surface area contributed by atoms with Crippen molar-refractivity contribution in [2.75, 3.05) is 7.11 Å². The molecule has 1 aromatic carbocycles. The average molecular weight is 540 g/mol. The van der Waals surface area contributed by atoms with Crippen molar-refractivity contribution in [3.63, 3.8) is 0 Å². The summed E-state index contributed by atoms with van der Waals surface area (Å²) < 4.78 is 79.5. The van der Waals surface area contributed by atoms with Crippen LogP contribution in [0.25, 0.3) is 22.2 Å². The first-order chi connectivity index (χ1) is 16.7. The van der Waals surface area contributed by atoms with Gasteiger partial charge in [-0.2, -0.15) is 26.9 Å². The van der Waals surface area contributed by atoms with Crippen LogP contribution in [0.15, 0.2) is 48.9 Å². The highest BCUT2D eigenvalue weighted by Crippen LogP contribution is 2.38. The highest BCUT2D eigenvalue weighted by atomic mass is 32.2. The number of carbonyl (C=O) groups excluding carboxylic acids is 1. The molecule has 0 fully saturated rings. The van der Waals surface area contributed by atoms with Crippen LogP contribution in [-0.4, -0.2) is 42.3 Å². The summed E-state index contributed by atoms with van der Waals surface area (Å²) in [5.41, 5.74) is -7.36. The van der Waals surface area contributed by atoms with E-state index in [-0.39, 0.29) is 29.5 Å². The van der Waals surface area contributed by atoms with Crippen LogP contribution in [-0.2, 0) is 19.0 Å². The Hall–Kier alpha value is -4.05. The Morgan fingerprint density at radius 3 is 2.35 bits per heavy atom. The molecule has 0 aliphatic carbocycles. The van der Waals surface area contributed by atoms with Crippen LogP contribution in [0.2, 0.25) is 0 Å². The number of halogens is 3. The predicted octanol–water partition coefficient (Wildman–Crippen LogP) is 5.72. The molecule has 2 aromatic heterocycles. The van der Waals surface area contributed by atoms with E-state index < -0.39 is 38.7 Å². The van der Waals surface area contributed by atoms with Crippen LogP contribution in [0.5, 0.6) is 5.75 Å². The topological polar surface area (TPSA) is 121 Å². The maximum Gasteiger partial charge on any atom is 0.534 e. The molecule has 13 heteroatoms. The van der Waals surface area contributed by atoms with E-state index in [0.29, 0.717) is 5.75 Å². The van der Waals surface area contributed by atoms with E-state index in [1.54, 1.807) is 26.8 Å². The van der Waals surface area contributed by atoms with Gasteiger partial charge in [-0.3, -0.25) is 9.55 Å². The average Bonchev–Trinajstić information content (AvgIpc) is 3.16. The van der Waals surface area contributed by atoms with Crippen LogP contribution in [0.4, 0.5) is 18.0 Å². The number of hydrogen-bond acceptors (Lipinski definition) is 8. The third-order valence-corrected chi connectivity index (χ3v) is 5.56. The van der Waals surface area contributed by atoms with Crippen molar-refractivity contribution in [3.8, 4) is 11.8 Å². The van der Waals surface area contributed by atoms with Crippen molar-refractivity contribution in [2.45, 2.75) is 39.3 Å². The van der Waals surface area contributed by atoms with Gasteiger partial charge < -0.3 is 13.7 Å². The zero-order valence-corrected chi connectivity index (χ0v) is 20.3. The first kappa shape index (κ1) is 29.2. The van der Waals surface area contributed by atoms with Crippen LogP contribution in [0, 0.1) is 11.3 Å². The molecule has 37 heavy (non-hydrogen) atoms. The van der Waals surface area contributed by atoms with Crippen molar-refractivity contribution in [2.24, 2.45) is 0 Å². The second-order valence-electron chi connectivity index (χ2n) is 8.32. The minimum atomic E-state index is -6.17. The number of ether oxygens (including phenoxy) is 2. The minimum Gasteiger partial charge on any atom is -0.497 e. The molecule has 0 saturated carbocycles. The summed E-state index contributed by atoms with van der Waals surface area (Å²) in [5, 5.41) is 10.2. The molecule has 198 valence electrons. The number of fused-ring (bicyclic) bond motifs is 1. The van der Waals surface area contributed by atoms with Gasteiger partial charge in [0.05, 0.1) is 12.6 Å². The molecule has 0 saturated heterocycles. The Morgan fingerprint density at radius 2 is 1.84 bits per heavy atom. The Kier molecular flexibility index (Phi) is 8.29. The van der Waals surface area contributed by atoms with Gasteiger partial charge >= 0.3 is 21.7 Å². The summed E-state index contributed by atoms with van der Waals surface area (Å²) in [4.78, 5) is 16.7. The number of nitrogens with zero attached hydrogens (tertiary/aromatic N) is 3. The number of carbonyl (C=O) groups is 1. The molecule has 0 atom stereocenters. The molecule has 3 aromatic rings. The zero-order chi connectivity index (χ0) is 26.9. The number of pyridine rings is 1. The number of benzene rings is 1. The van der Waals surface area contributed by atoms with Gasteiger partial charge in [0.1, 0.15) is 23.0 Å². The molecule has 0 spiro atoms. The lowest BCUT2D eigenvalue weighted by molar-refractivity contribution is -0.0509. The van der Waals surface area contributed by atoms with E-state index in [9.17, 15) is 31.6 Å². The standard InChI is InChI=1S/C23H20F3N3O6S.CH4/c1-22(2,3)34-21(30)29-13-18(16-10-15(33-4)7-8-19(16)29)17(11-27)20(14-6-5-9-28-12-14)35-36(31,32)23(24,25)26;/h5-10,12-13H,1-4H3;1H4/b20-17-;. The second-order valence-corrected chi connectivity index (χ2v) is 9.85. The first-order valence-electron chi connectivity index (χ1n) is 10.2. The fourth-order valence-corrected chi connectivity index (χ4v) is 3.61. The van der Waals surface area contributed by atoms with Crippen molar-refractivity contribution >= 4 is 38.4 Å². The Labute approximate surface area is 211 Å². The van der Waals surface area contributed by atoms with Gasteiger partial charge in [0.25, 0.3) is 0 Å². The summed E-state index contributed by atoms with van der Waals surface area (Å²) in [5.74, 6) is -0.622. The SMILES string of the molecule is C.COc1ccc2c(c1)c(/C(C#N)=C(\OS(=O)(=O)C(F)(F)F)c1cccnc1)cn2C(=O)OC(C)(C)C. The molecule has 0 bridgehead atoms. The molecule has 0 radical (unpaired) electrons. The van der Waals surface area contributed by atoms with Crippen molar-refractivity contribution < 1.29 is 40.0 Å². The largest absolute Gasteiger partial charge is 0.534 e. The third-order valence-electron chi connectivity index (χ3n) is 4.61. The van der Waals surface area contributed by atoms with Gasteiger partial charge in [-0.1, -0.05) is 7.43 Å². The fraction of sp³-hybridized carbons (Fsp3) is 0.292. The fourth-order valence-electron chi connectivity index (χ4n) is 3.12. The van der Waals surface area contributed by atoms with E-state index >= 15 is 0 Å². The zero-order valence-electron chi connectivity index (χ0n) is 19.5. The lowest BCUT2D eigenvalue weighted by atomic mass is 10.0. The van der Waals surface area contributed by atoms with Crippen molar-refractivity contribution in [3.05, 3.63) is 60.0 Å². The quantitative estimate of drug-likeness (QED) is 0.175. The summed E-state index contributed by atoms with van der Waals surface area (Å²) in [6.45, 7) is 4.91. The lowest BCUT2D eigenvalue weighted by Gasteiger charge is -2.19. The number of methoxy groups -OCH3 is 1. The van der Waals surface area contributed by atoms with E-state index in [1.165, 1.54) is 43.6 Å².